The van der Waals surface area contributed by atoms with Gasteiger partial charge in [0.05, 0.1) is 66.4 Å². The van der Waals surface area contributed by atoms with Crippen molar-refractivity contribution in [2.45, 2.75) is 89.2 Å². The lowest BCUT2D eigenvalue weighted by molar-refractivity contribution is -0.870. The summed E-state index contributed by atoms with van der Waals surface area (Å²) in [5.41, 5.74) is 3.67. The summed E-state index contributed by atoms with van der Waals surface area (Å²) in [7, 11) is 9.53. The second-order valence-electron chi connectivity index (χ2n) is 11.8. The van der Waals surface area contributed by atoms with Crippen LogP contribution in [0.25, 0.3) is 0 Å². The number of aliphatic carboxylic acids is 1. The molecule has 4 amide bonds. The van der Waals surface area contributed by atoms with Crippen LogP contribution >= 0.6 is 0 Å². The lowest BCUT2D eigenvalue weighted by Gasteiger charge is -2.28. The first-order chi connectivity index (χ1) is 19.9. The molecule has 0 aliphatic rings. The molecule has 0 unspecified atom stereocenters. The Morgan fingerprint density at radius 2 is 1.37 bits per heavy atom. The number of aliphatic hydroxyl groups is 1. The maximum absolute atomic E-state index is 13.3. The van der Waals surface area contributed by atoms with Crippen LogP contribution in [0.1, 0.15) is 52.9 Å². The summed E-state index contributed by atoms with van der Waals surface area (Å²) < 4.78 is 0.701. The van der Waals surface area contributed by atoms with Crippen LogP contribution in [-0.4, -0.2) is 130 Å². The average Bonchev–Trinajstić information content (AvgIpc) is 2.91. The Labute approximate surface area is 254 Å². The van der Waals surface area contributed by atoms with Gasteiger partial charge >= 0.3 is 5.96 Å². The molecule has 0 aromatic carbocycles. The van der Waals surface area contributed by atoms with Crippen LogP contribution in [-0.2, 0) is 24.0 Å². The molecule has 43 heavy (non-hydrogen) atoms. The summed E-state index contributed by atoms with van der Waals surface area (Å²) in [6.45, 7) is 5.40. The topological polar surface area (TPSA) is 242 Å². The second kappa shape index (κ2) is 19.6. The van der Waals surface area contributed by atoms with E-state index in [-0.39, 0.29) is 12.8 Å². The molecule has 0 heterocycles. The van der Waals surface area contributed by atoms with Crippen molar-refractivity contribution in [2.75, 3.05) is 48.3 Å². The molecule has 0 rings (SSSR count). The monoisotopic (exact) mass is 617 g/mol. The molecular formula is C27H55N9O7+2. The highest BCUT2D eigenvalue weighted by Gasteiger charge is 2.33. The zero-order valence-corrected chi connectivity index (χ0v) is 27.0. The fourth-order valence-corrected chi connectivity index (χ4v) is 3.90. The predicted molar refractivity (Wildman–Crippen MR) is 157 cm³/mol. The highest BCUT2D eigenvalue weighted by atomic mass is 16.4. The van der Waals surface area contributed by atoms with E-state index in [1.807, 2.05) is 21.1 Å². The summed E-state index contributed by atoms with van der Waals surface area (Å²) >= 11 is 0. The number of aliphatic hydroxyl groups excluding tert-OH is 1. The highest BCUT2D eigenvalue weighted by Crippen LogP contribution is 2.07. The minimum atomic E-state index is -1.48. The molecule has 6 atom stereocenters. The minimum Gasteiger partial charge on any atom is -0.548 e. The first-order valence-corrected chi connectivity index (χ1v) is 14.6. The van der Waals surface area contributed by atoms with Crippen LogP contribution in [0, 0.1) is 0 Å². The third-order valence-electron chi connectivity index (χ3n) is 6.53. The van der Waals surface area contributed by atoms with Crippen molar-refractivity contribution in [2.24, 2.45) is 0 Å². The zero-order chi connectivity index (χ0) is 33.3. The van der Waals surface area contributed by atoms with Crippen LogP contribution in [0.15, 0.2) is 0 Å². The fraction of sp³-hybridized carbons (Fsp3) is 0.778. The number of nitrogens with zero attached hydrogens (tertiary/aromatic N) is 1. The van der Waals surface area contributed by atoms with Gasteiger partial charge in [0.1, 0.15) is 18.1 Å². The predicted octanol–water partition coefficient (Wildman–Crippen LogP) is -6.76. The van der Waals surface area contributed by atoms with Gasteiger partial charge in [-0.3, -0.25) is 34.8 Å². The largest absolute Gasteiger partial charge is 0.548 e. The molecule has 0 aromatic heterocycles. The number of carboxylic acid groups (broad SMARTS) is 1. The number of amides is 4. The van der Waals surface area contributed by atoms with E-state index in [1.165, 1.54) is 13.8 Å². The molecule has 0 radical (unpaired) electrons. The van der Waals surface area contributed by atoms with E-state index in [9.17, 15) is 34.2 Å². The number of hydrogen-bond acceptors (Lipinski definition) is 7. The third kappa shape index (κ3) is 16.7. The SMILES string of the molecule is CNC(NCCC[C@H](NC(=O)[C@H](C)[NH3+])C(=O)N[C@H](C(=O)N[C@@H](CCCC[N+](C)(C)C)C(=O)N[C@@H](C)C(=O)[O-])[C@@H](C)O)=[NH+]C. The molecular weight excluding hydrogens is 562 g/mol. The summed E-state index contributed by atoms with van der Waals surface area (Å²) in [4.78, 5) is 65.9. The van der Waals surface area contributed by atoms with Crippen molar-refractivity contribution in [3.8, 4) is 0 Å². The molecule has 0 aliphatic carbocycles. The molecule has 0 spiro atoms. The van der Waals surface area contributed by atoms with Crippen molar-refractivity contribution in [1.82, 2.24) is 31.9 Å². The van der Waals surface area contributed by atoms with Gasteiger partial charge in [0.2, 0.25) is 17.7 Å². The molecule has 0 saturated heterocycles. The zero-order valence-electron chi connectivity index (χ0n) is 27.0. The van der Waals surface area contributed by atoms with E-state index in [2.05, 4.69) is 42.6 Å². The Bertz CT molecular complexity index is 952. The van der Waals surface area contributed by atoms with Gasteiger partial charge in [0, 0.05) is 0 Å². The van der Waals surface area contributed by atoms with Crippen LogP contribution in [0.4, 0.5) is 0 Å². The van der Waals surface area contributed by atoms with E-state index in [4.69, 9.17) is 0 Å². The molecule has 248 valence electrons. The van der Waals surface area contributed by atoms with Gasteiger partial charge in [-0.1, -0.05) is 0 Å². The quantitative estimate of drug-likeness (QED) is 0.0289. The number of hydrogen-bond donors (Lipinski definition) is 9. The molecule has 0 aromatic rings. The lowest BCUT2D eigenvalue weighted by Crippen LogP contribution is -2.75. The van der Waals surface area contributed by atoms with Gasteiger partial charge in [-0.25, -0.2) is 0 Å². The Balaban J connectivity index is 5.71. The van der Waals surface area contributed by atoms with Crippen molar-refractivity contribution >= 4 is 35.6 Å². The smallest absolute Gasteiger partial charge is 0.342 e. The molecule has 0 aliphatic heterocycles. The first kappa shape index (κ1) is 39.5. The number of carbonyl (C=O) groups excluding carboxylic acids is 5. The molecule has 0 fully saturated rings. The molecule has 0 saturated carbocycles. The summed E-state index contributed by atoms with van der Waals surface area (Å²) in [6, 6.07) is -5.56. The molecule has 11 N–H and O–H groups in total. The van der Waals surface area contributed by atoms with Gasteiger partial charge < -0.3 is 46.5 Å². The van der Waals surface area contributed by atoms with E-state index in [0.717, 1.165) is 13.0 Å². The molecule has 0 bridgehead atoms. The summed E-state index contributed by atoms with van der Waals surface area (Å²) in [5, 5.41) is 37.6. The van der Waals surface area contributed by atoms with Crippen LogP contribution in [0.2, 0.25) is 0 Å². The minimum absolute atomic E-state index is 0.198. The van der Waals surface area contributed by atoms with Crippen LogP contribution in [0.5, 0.6) is 0 Å². The molecule has 16 heteroatoms. The average molecular weight is 618 g/mol. The number of unbranched alkanes of at least 4 members (excludes halogenated alkanes) is 1. The number of carbonyl (C=O) groups is 5. The number of guanidine groups is 1. The van der Waals surface area contributed by atoms with Crippen molar-refractivity contribution in [3.05, 3.63) is 0 Å². The number of nitrogens with one attached hydrogen (secondary N) is 7. The van der Waals surface area contributed by atoms with Crippen molar-refractivity contribution in [3.63, 3.8) is 0 Å². The van der Waals surface area contributed by atoms with Crippen molar-refractivity contribution in [1.29, 1.82) is 0 Å². The Morgan fingerprint density at radius 1 is 0.837 bits per heavy atom. The maximum Gasteiger partial charge on any atom is 0.342 e. The fourth-order valence-electron chi connectivity index (χ4n) is 3.90. The molecule has 16 nitrogen and oxygen atoms in total. The van der Waals surface area contributed by atoms with Gasteiger partial charge in [0.15, 0.2) is 6.04 Å². The van der Waals surface area contributed by atoms with Gasteiger partial charge in [0.25, 0.3) is 5.91 Å². The van der Waals surface area contributed by atoms with E-state index in [0.29, 0.717) is 29.8 Å². The van der Waals surface area contributed by atoms with Crippen molar-refractivity contribution < 1.29 is 49.4 Å². The Hall–Kier alpha value is -3.50. The lowest BCUT2D eigenvalue weighted by atomic mass is 10.0. The highest BCUT2D eigenvalue weighted by molar-refractivity contribution is 5.95. The number of rotatable bonds is 19. The maximum atomic E-state index is 13.3. The Morgan fingerprint density at radius 3 is 1.84 bits per heavy atom. The van der Waals surface area contributed by atoms with Gasteiger partial charge in [-0.15, -0.1) is 0 Å². The normalized spacial score (nSPS) is 16.0. The van der Waals surface area contributed by atoms with Gasteiger partial charge in [-0.05, 0) is 52.9 Å². The van der Waals surface area contributed by atoms with Crippen LogP contribution < -0.4 is 47.7 Å². The third-order valence-corrected chi connectivity index (χ3v) is 6.53. The second-order valence-corrected chi connectivity index (χ2v) is 11.8. The first-order valence-electron chi connectivity index (χ1n) is 14.6. The van der Waals surface area contributed by atoms with Gasteiger partial charge in [-0.2, -0.15) is 0 Å². The van der Waals surface area contributed by atoms with Crippen LogP contribution in [0.3, 0.4) is 0 Å². The van der Waals surface area contributed by atoms with E-state index >= 15 is 0 Å². The standard InChI is InChI=1S/C27H53N9O7/c1-16(28)22(38)33-20(13-11-14-31-27(29-4)30-5)24(40)35-21(18(3)37)25(41)34-19(12-9-10-15-36(6,7)8)23(39)32-17(2)26(42)43/h16-21,37H,9-15,28H2,1-8H3,(H6-,29,30,31,32,33,34,35,38,39,40,41,42,43)/p+2/t16-,17-,18+,19-,20-,21-/m0/s1. The van der Waals surface area contributed by atoms with E-state index in [1.54, 1.807) is 21.0 Å². The Kier molecular flexibility index (Phi) is 18.0. The number of quaternary nitrogens is 2. The summed E-state index contributed by atoms with van der Waals surface area (Å²) in [5.74, 6) is -3.54. The number of carboxylic acids is 1. The van der Waals surface area contributed by atoms with E-state index < -0.39 is 65.9 Å². The summed E-state index contributed by atoms with van der Waals surface area (Å²) in [6.07, 6.45) is 0.798.